The lowest BCUT2D eigenvalue weighted by Gasteiger charge is -2.30. The number of para-hydroxylation sites is 3. The number of hydrogen-bond acceptors (Lipinski definition) is 3. The Bertz CT molecular complexity index is 1420. The van der Waals surface area contributed by atoms with Crippen LogP contribution in [-0.4, -0.2) is 25.0 Å². The number of aromatic hydroxyl groups is 3. The Kier molecular flexibility index (Phi) is 26.1. The molecular weight excluding hydrogens is 832 g/mol. The van der Waals surface area contributed by atoms with E-state index in [1.54, 1.807) is 0 Å². The van der Waals surface area contributed by atoms with Gasteiger partial charge in [-0.3, -0.25) is 0 Å². The van der Waals surface area contributed by atoms with Gasteiger partial charge in [-0.15, -0.1) is 0 Å². The highest BCUT2D eigenvalue weighted by Crippen LogP contribution is 2.46. The number of benzene rings is 3. The van der Waals surface area contributed by atoms with Crippen molar-refractivity contribution in [3.8, 4) is 17.2 Å². The lowest BCUT2D eigenvalue weighted by atomic mass is 9.82. The molecule has 0 radical (unpaired) electrons. The van der Waals surface area contributed by atoms with E-state index in [-0.39, 0.29) is 15.6 Å². The second kappa shape index (κ2) is 30.1. The molecule has 0 fully saturated rings. The van der Waals surface area contributed by atoms with E-state index in [1.807, 2.05) is 18.2 Å². The predicted octanol–water partition coefficient (Wildman–Crippen LogP) is 16.8. The summed E-state index contributed by atoms with van der Waals surface area (Å²) in [6.45, 7) is 6.79. The molecule has 2 atom stereocenters. The molecule has 3 nitrogen and oxygen atoms in total. The van der Waals surface area contributed by atoms with Crippen LogP contribution in [0.1, 0.15) is 214 Å². The van der Waals surface area contributed by atoms with Gasteiger partial charge in [-0.2, -0.15) is 0 Å². The van der Waals surface area contributed by atoms with Crippen molar-refractivity contribution >= 4 is 31.9 Å². The fourth-order valence-corrected chi connectivity index (χ4v) is 9.94. The van der Waals surface area contributed by atoms with Gasteiger partial charge in [0, 0.05) is 26.7 Å². The van der Waals surface area contributed by atoms with E-state index < -0.39 is 0 Å². The first-order chi connectivity index (χ1) is 27.8. The Labute approximate surface area is 366 Å². The molecule has 0 aliphatic heterocycles. The molecule has 57 heavy (non-hydrogen) atoms. The number of halogens is 2. The molecule has 0 saturated heterocycles. The van der Waals surface area contributed by atoms with E-state index in [4.69, 9.17) is 0 Å². The summed E-state index contributed by atoms with van der Waals surface area (Å²) in [6.07, 6.45) is 33.4. The van der Waals surface area contributed by atoms with E-state index >= 15 is 0 Å². The van der Waals surface area contributed by atoms with Crippen LogP contribution in [0.2, 0.25) is 0 Å². The number of phenols is 3. The van der Waals surface area contributed by atoms with Crippen molar-refractivity contribution in [1.82, 2.24) is 0 Å². The summed E-state index contributed by atoms with van der Waals surface area (Å²) in [5.74, 6) is 0.788. The molecule has 3 N–H and O–H groups in total. The number of rotatable bonds is 33. The smallest absolute Gasteiger partial charge is 0.122 e. The molecule has 0 aromatic heterocycles. The molecule has 0 aliphatic rings. The van der Waals surface area contributed by atoms with Crippen molar-refractivity contribution in [3.63, 3.8) is 0 Å². The Morgan fingerprint density at radius 1 is 0.386 bits per heavy atom. The van der Waals surface area contributed by atoms with E-state index in [2.05, 4.69) is 89.0 Å². The van der Waals surface area contributed by atoms with Gasteiger partial charge in [-0.05, 0) is 67.2 Å². The van der Waals surface area contributed by atoms with E-state index in [0.29, 0.717) is 23.7 Å². The van der Waals surface area contributed by atoms with Crippen LogP contribution in [0.4, 0.5) is 0 Å². The van der Waals surface area contributed by atoms with Gasteiger partial charge < -0.3 is 15.3 Å². The summed E-state index contributed by atoms with van der Waals surface area (Å²) in [5, 5.41) is 35.4. The third-order valence-corrected chi connectivity index (χ3v) is 14.9. The van der Waals surface area contributed by atoms with Gasteiger partial charge >= 0.3 is 0 Å². The largest absolute Gasteiger partial charge is 0.507 e. The van der Waals surface area contributed by atoms with Crippen LogP contribution in [0, 0.1) is 0 Å². The van der Waals surface area contributed by atoms with Crippen LogP contribution in [-0.2, 0) is 25.7 Å². The number of unbranched alkanes of at least 4 members (excludes halogenated alkanes) is 21. The third-order valence-electron chi connectivity index (χ3n) is 12.2. The number of hydrogen-bond donors (Lipinski definition) is 3. The van der Waals surface area contributed by atoms with Crippen molar-refractivity contribution in [2.75, 3.05) is 0 Å². The van der Waals surface area contributed by atoms with Gasteiger partial charge in [0.2, 0.25) is 0 Å². The van der Waals surface area contributed by atoms with Gasteiger partial charge in [0.1, 0.15) is 17.2 Å². The summed E-state index contributed by atoms with van der Waals surface area (Å²) in [6, 6.07) is 18.6. The van der Waals surface area contributed by atoms with Gasteiger partial charge in [0.15, 0.2) is 0 Å². The zero-order chi connectivity index (χ0) is 41.1. The number of alkyl halides is 2. The minimum atomic E-state index is -0.311. The summed E-state index contributed by atoms with van der Waals surface area (Å²) in [4.78, 5) is -0.264. The summed E-state index contributed by atoms with van der Waals surface area (Å²) in [7, 11) is 0. The highest BCUT2D eigenvalue weighted by molar-refractivity contribution is 9.12. The SMILES string of the molecule is CCCCCCCCCCc1cccc(CC(Br)C(Br)C(c2cccc(CCCCCCCCCC)c2O)c2cccc(CCCCCCCCCC)c2O)c1O. The number of aryl methyl sites for hydroxylation is 3. The van der Waals surface area contributed by atoms with E-state index in [9.17, 15) is 15.3 Å². The topological polar surface area (TPSA) is 60.7 Å². The molecule has 3 aromatic rings. The normalized spacial score (nSPS) is 12.7. The first kappa shape index (κ1) is 49.4. The van der Waals surface area contributed by atoms with Crippen LogP contribution in [0.15, 0.2) is 54.6 Å². The lowest BCUT2D eigenvalue weighted by Crippen LogP contribution is -2.26. The van der Waals surface area contributed by atoms with E-state index in [1.165, 1.54) is 135 Å². The molecule has 3 aromatic carbocycles. The minimum Gasteiger partial charge on any atom is -0.507 e. The fraction of sp³-hybridized carbons (Fsp3) is 0.654. The molecular formula is C52H80Br2O3. The average Bonchev–Trinajstić information content (AvgIpc) is 3.21. The molecule has 0 amide bonds. The second-order valence-corrected chi connectivity index (χ2v) is 19.2. The van der Waals surface area contributed by atoms with Crippen molar-refractivity contribution in [3.05, 3.63) is 88.0 Å². The average molecular weight is 913 g/mol. The van der Waals surface area contributed by atoms with Crippen molar-refractivity contribution in [2.24, 2.45) is 0 Å². The predicted molar refractivity (Wildman–Crippen MR) is 254 cm³/mol. The minimum absolute atomic E-state index is 0.0849. The van der Waals surface area contributed by atoms with Gasteiger partial charge in [-0.25, -0.2) is 0 Å². The fourth-order valence-electron chi connectivity index (χ4n) is 8.53. The van der Waals surface area contributed by atoms with Gasteiger partial charge in [0.05, 0.1) is 0 Å². The zero-order valence-corrected chi connectivity index (χ0v) is 39.5. The molecule has 320 valence electrons. The molecule has 0 aliphatic carbocycles. The highest BCUT2D eigenvalue weighted by atomic mass is 79.9. The quantitative estimate of drug-likeness (QED) is 0.0421. The summed E-state index contributed by atoms with van der Waals surface area (Å²) >= 11 is 8.19. The molecule has 5 heteroatoms. The molecule has 3 rings (SSSR count). The molecule has 0 saturated carbocycles. The Morgan fingerprint density at radius 3 is 1.05 bits per heavy atom. The second-order valence-electron chi connectivity index (χ2n) is 17.0. The molecule has 2 unspecified atom stereocenters. The first-order valence-electron chi connectivity index (χ1n) is 23.5. The molecule has 0 heterocycles. The standard InChI is InChI=1S/C52H80Br2O3/c1-4-7-10-13-16-19-22-25-31-41-34-28-37-44(50(41)55)40-47(53)49(54)48(45-38-29-35-42(51(45)56)32-26-23-20-17-14-11-8-5-2)46-39-30-36-43(52(46)57)33-27-24-21-18-15-12-9-6-3/h28-30,34-39,47-49,55-57H,4-27,31-33,40H2,1-3H3. The van der Waals surface area contributed by atoms with Crippen LogP contribution < -0.4 is 0 Å². The maximum absolute atomic E-state index is 12.0. The molecule has 0 spiro atoms. The maximum Gasteiger partial charge on any atom is 0.122 e. The van der Waals surface area contributed by atoms with Crippen LogP contribution >= 0.6 is 31.9 Å². The maximum atomic E-state index is 12.0. The van der Waals surface area contributed by atoms with Crippen molar-refractivity contribution in [1.29, 1.82) is 0 Å². The Balaban J connectivity index is 1.79. The number of phenolic OH excluding ortho intramolecular Hbond substituents is 3. The third kappa shape index (κ3) is 18.0. The Hall–Kier alpha value is -1.98. The highest BCUT2D eigenvalue weighted by Gasteiger charge is 2.34. The van der Waals surface area contributed by atoms with Crippen LogP contribution in [0.25, 0.3) is 0 Å². The lowest BCUT2D eigenvalue weighted by molar-refractivity contribution is 0.442. The van der Waals surface area contributed by atoms with E-state index in [0.717, 1.165) is 71.9 Å². The monoisotopic (exact) mass is 910 g/mol. The van der Waals surface area contributed by atoms with Crippen LogP contribution in [0.5, 0.6) is 17.2 Å². The van der Waals surface area contributed by atoms with Gasteiger partial charge in [0.25, 0.3) is 0 Å². The Morgan fingerprint density at radius 2 is 0.684 bits per heavy atom. The van der Waals surface area contributed by atoms with Gasteiger partial charge in [-0.1, -0.05) is 242 Å². The molecule has 0 bridgehead atoms. The van der Waals surface area contributed by atoms with Crippen molar-refractivity contribution in [2.45, 2.75) is 216 Å². The van der Waals surface area contributed by atoms with Crippen LogP contribution in [0.3, 0.4) is 0 Å². The van der Waals surface area contributed by atoms with Crippen molar-refractivity contribution < 1.29 is 15.3 Å². The first-order valence-corrected chi connectivity index (χ1v) is 25.4. The summed E-state index contributed by atoms with van der Waals surface area (Å²) < 4.78 is 0. The summed E-state index contributed by atoms with van der Waals surface area (Å²) in [5.41, 5.74) is 5.59. The zero-order valence-electron chi connectivity index (χ0n) is 36.3.